The number of unbranched alkanes of at least 4 members (excludes halogenated alkanes) is 6. The lowest BCUT2D eigenvalue weighted by atomic mass is 10.1. The molecule has 0 aliphatic heterocycles. The Morgan fingerprint density at radius 2 is 1.79 bits per heavy atom. The van der Waals surface area contributed by atoms with Gasteiger partial charge in [-0.2, -0.15) is 0 Å². The van der Waals surface area contributed by atoms with Crippen molar-refractivity contribution in [2.45, 2.75) is 78.7 Å². The zero-order valence-corrected chi connectivity index (χ0v) is 15.9. The van der Waals surface area contributed by atoms with Crippen molar-refractivity contribution in [2.24, 2.45) is 4.99 Å². The summed E-state index contributed by atoms with van der Waals surface area (Å²) in [5, 5.41) is 14.8. The molecule has 138 valence electrons. The van der Waals surface area contributed by atoms with Gasteiger partial charge in [-0.15, -0.1) is 10.2 Å². The van der Waals surface area contributed by atoms with E-state index >= 15 is 0 Å². The van der Waals surface area contributed by atoms with Gasteiger partial charge in [-0.05, 0) is 13.3 Å². The first-order chi connectivity index (χ1) is 11.8. The number of nitrogens with zero attached hydrogens (tertiary/aromatic N) is 4. The van der Waals surface area contributed by atoms with Crippen LogP contribution in [0, 0.1) is 0 Å². The average molecular weight is 337 g/mol. The maximum atomic E-state index is 4.66. The summed E-state index contributed by atoms with van der Waals surface area (Å²) in [6, 6.07) is 0. The van der Waals surface area contributed by atoms with Crippen molar-refractivity contribution >= 4 is 5.96 Å². The van der Waals surface area contributed by atoms with Crippen LogP contribution < -0.4 is 10.6 Å². The first-order valence-electron chi connectivity index (χ1n) is 9.70. The van der Waals surface area contributed by atoms with E-state index in [9.17, 15) is 0 Å². The molecule has 0 aliphatic rings. The van der Waals surface area contributed by atoms with Crippen LogP contribution in [-0.4, -0.2) is 40.4 Å². The van der Waals surface area contributed by atoms with E-state index in [4.69, 9.17) is 0 Å². The Morgan fingerprint density at radius 1 is 1.04 bits per heavy atom. The molecule has 0 spiro atoms. The number of aliphatic imine (C=N–C) groups is 1. The van der Waals surface area contributed by atoms with E-state index in [0.717, 1.165) is 44.4 Å². The van der Waals surface area contributed by atoms with Crippen LogP contribution in [0.15, 0.2) is 11.3 Å². The highest BCUT2D eigenvalue weighted by Gasteiger charge is 2.02. The summed E-state index contributed by atoms with van der Waals surface area (Å²) in [5.74, 6) is 1.94. The number of hydrogen-bond donors (Lipinski definition) is 2. The Kier molecular flexibility index (Phi) is 11.8. The quantitative estimate of drug-likeness (QED) is 0.330. The zero-order chi connectivity index (χ0) is 17.5. The number of nitrogens with one attached hydrogen (secondary N) is 2. The number of rotatable bonds is 13. The molecular weight excluding hydrogens is 300 g/mol. The monoisotopic (exact) mass is 336 g/mol. The second-order valence-electron chi connectivity index (χ2n) is 6.10. The average Bonchev–Trinajstić information content (AvgIpc) is 3.04. The SMILES string of the molecule is CCCCCCCCCN=C(NCC)NCCn1cnnc1CC. The molecule has 24 heavy (non-hydrogen) atoms. The number of aromatic nitrogens is 3. The molecule has 0 unspecified atom stereocenters. The molecule has 0 radical (unpaired) electrons. The van der Waals surface area contributed by atoms with E-state index in [-0.39, 0.29) is 0 Å². The van der Waals surface area contributed by atoms with Gasteiger partial charge in [0, 0.05) is 32.6 Å². The summed E-state index contributed by atoms with van der Waals surface area (Å²) >= 11 is 0. The van der Waals surface area contributed by atoms with Crippen LogP contribution in [0.2, 0.25) is 0 Å². The van der Waals surface area contributed by atoms with Gasteiger partial charge in [0.2, 0.25) is 0 Å². The minimum atomic E-state index is 0.827. The highest BCUT2D eigenvalue weighted by Crippen LogP contribution is 2.06. The molecule has 1 aromatic heterocycles. The number of hydrogen-bond acceptors (Lipinski definition) is 3. The minimum absolute atomic E-state index is 0.827. The maximum Gasteiger partial charge on any atom is 0.191 e. The Labute approximate surface area is 147 Å². The molecule has 0 atom stereocenters. The number of guanidine groups is 1. The predicted octanol–water partition coefficient (Wildman–Crippen LogP) is 3.15. The highest BCUT2D eigenvalue weighted by atomic mass is 15.3. The third-order valence-electron chi connectivity index (χ3n) is 4.03. The van der Waals surface area contributed by atoms with Gasteiger partial charge in [0.25, 0.3) is 0 Å². The van der Waals surface area contributed by atoms with Gasteiger partial charge in [0.1, 0.15) is 12.2 Å². The third kappa shape index (κ3) is 8.89. The van der Waals surface area contributed by atoms with Crippen LogP contribution in [0.4, 0.5) is 0 Å². The minimum Gasteiger partial charge on any atom is -0.357 e. The third-order valence-corrected chi connectivity index (χ3v) is 4.03. The van der Waals surface area contributed by atoms with E-state index in [0.29, 0.717) is 0 Å². The maximum absolute atomic E-state index is 4.66. The van der Waals surface area contributed by atoms with Crippen LogP contribution >= 0.6 is 0 Å². The van der Waals surface area contributed by atoms with Gasteiger partial charge < -0.3 is 15.2 Å². The molecule has 0 aliphatic carbocycles. The molecule has 1 heterocycles. The van der Waals surface area contributed by atoms with Gasteiger partial charge in [0.05, 0.1) is 0 Å². The van der Waals surface area contributed by atoms with E-state index in [1.165, 1.54) is 44.9 Å². The molecular formula is C18H36N6. The number of aryl methyl sites for hydroxylation is 1. The first kappa shape index (κ1) is 20.5. The second-order valence-corrected chi connectivity index (χ2v) is 6.10. The van der Waals surface area contributed by atoms with Crippen molar-refractivity contribution in [2.75, 3.05) is 19.6 Å². The van der Waals surface area contributed by atoms with Crippen molar-refractivity contribution < 1.29 is 0 Å². The smallest absolute Gasteiger partial charge is 0.191 e. The Balaban J connectivity index is 2.20. The predicted molar refractivity (Wildman–Crippen MR) is 101 cm³/mol. The van der Waals surface area contributed by atoms with Crippen molar-refractivity contribution in [3.8, 4) is 0 Å². The van der Waals surface area contributed by atoms with Gasteiger partial charge in [-0.1, -0.05) is 52.4 Å². The molecule has 6 nitrogen and oxygen atoms in total. The van der Waals surface area contributed by atoms with Crippen molar-refractivity contribution in [1.82, 2.24) is 25.4 Å². The first-order valence-corrected chi connectivity index (χ1v) is 9.70. The molecule has 2 N–H and O–H groups in total. The molecule has 0 aromatic carbocycles. The fourth-order valence-electron chi connectivity index (χ4n) is 2.64. The van der Waals surface area contributed by atoms with E-state index in [1.54, 1.807) is 6.33 Å². The van der Waals surface area contributed by atoms with E-state index in [2.05, 4.69) is 51.2 Å². The Hall–Kier alpha value is -1.59. The summed E-state index contributed by atoms with van der Waals surface area (Å²) in [6.07, 6.45) is 11.9. The normalized spacial score (nSPS) is 11.7. The summed E-state index contributed by atoms with van der Waals surface area (Å²) in [7, 11) is 0. The standard InChI is InChI=1S/C18H36N6/c1-4-7-8-9-10-11-12-13-20-18(19-6-3)21-14-15-24-16-22-23-17(24)5-2/h16H,4-15H2,1-3H3,(H2,19,20,21). The van der Waals surface area contributed by atoms with E-state index in [1.807, 2.05) is 0 Å². The molecule has 0 bridgehead atoms. The van der Waals surface area contributed by atoms with Crippen molar-refractivity contribution in [3.63, 3.8) is 0 Å². The Bertz CT molecular complexity index is 440. The van der Waals surface area contributed by atoms with Crippen LogP contribution in [0.3, 0.4) is 0 Å². The molecule has 6 heteroatoms. The lowest BCUT2D eigenvalue weighted by Gasteiger charge is -2.12. The fourth-order valence-corrected chi connectivity index (χ4v) is 2.64. The fraction of sp³-hybridized carbons (Fsp3) is 0.833. The highest BCUT2D eigenvalue weighted by molar-refractivity contribution is 5.79. The summed E-state index contributed by atoms with van der Waals surface area (Å²) in [4.78, 5) is 4.66. The molecule has 0 amide bonds. The lowest BCUT2D eigenvalue weighted by molar-refractivity contribution is 0.591. The van der Waals surface area contributed by atoms with Crippen molar-refractivity contribution in [1.29, 1.82) is 0 Å². The largest absolute Gasteiger partial charge is 0.357 e. The zero-order valence-electron chi connectivity index (χ0n) is 15.9. The topological polar surface area (TPSA) is 67.1 Å². The van der Waals surface area contributed by atoms with Gasteiger partial charge in [-0.25, -0.2) is 0 Å². The molecule has 1 rings (SSSR count). The molecule has 1 aromatic rings. The van der Waals surface area contributed by atoms with Gasteiger partial charge >= 0.3 is 0 Å². The second kappa shape index (κ2) is 13.8. The molecule has 0 saturated carbocycles. The van der Waals surface area contributed by atoms with Crippen LogP contribution in [0.5, 0.6) is 0 Å². The van der Waals surface area contributed by atoms with Gasteiger partial charge in [-0.3, -0.25) is 4.99 Å². The molecule has 0 fully saturated rings. The molecule has 0 saturated heterocycles. The summed E-state index contributed by atoms with van der Waals surface area (Å²) in [5.41, 5.74) is 0. The van der Waals surface area contributed by atoms with Gasteiger partial charge in [0.15, 0.2) is 5.96 Å². The Morgan fingerprint density at radius 3 is 2.50 bits per heavy atom. The van der Waals surface area contributed by atoms with Crippen LogP contribution in [0.25, 0.3) is 0 Å². The van der Waals surface area contributed by atoms with Crippen molar-refractivity contribution in [3.05, 3.63) is 12.2 Å². The van der Waals surface area contributed by atoms with E-state index < -0.39 is 0 Å². The van der Waals surface area contributed by atoms with Crippen LogP contribution in [-0.2, 0) is 13.0 Å². The van der Waals surface area contributed by atoms with Crippen LogP contribution in [0.1, 0.15) is 71.5 Å². The lowest BCUT2D eigenvalue weighted by Crippen LogP contribution is -2.39. The summed E-state index contributed by atoms with van der Waals surface area (Å²) in [6.45, 7) is 9.93. The summed E-state index contributed by atoms with van der Waals surface area (Å²) < 4.78 is 2.09.